The summed E-state index contributed by atoms with van der Waals surface area (Å²) in [5, 5.41) is 3.41. The van der Waals surface area contributed by atoms with E-state index in [0.717, 1.165) is 0 Å². The van der Waals surface area contributed by atoms with Gasteiger partial charge < -0.3 is 5.32 Å². The van der Waals surface area contributed by atoms with Crippen molar-refractivity contribution < 1.29 is 0 Å². The third kappa shape index (κ3) is 4.86. The second-order valence-corrected chi connectivity index (χ2v) is 4.78. The molecule has 0 spiro atoms. The van der Waals surface area contributed by atoms with Gasteiger partial charge >= 0.3 is 0 Å². The molecule has 0 aliphatic carbocycles. The van der Waals surface area contributed by atoms with Gasteiger partial charge in [0.2, 0.25) is 0 Å². The summed E-state index contributed by atoms with van der Waals surface area (Å²) in [4.78, 5) is 4.23. The van der Waals surface area contributed by atoms with Gasteiger partial charge in [0.05, 0.1) is 0 Å². The largest absolute Gasteiger partial charge is 0.313 e. The fourth-order valence-corrected chi connectivity index (χ4v) is 2.25. The Hall–Kier alpha value is -0.890. The number of nitrogens with one attached hydrogen (secondary N) is 1. The molecule has 1 unspecified atom stereocenters. The van der Waals surface area contributed by atoms with E-state index in [2.05, 4.69) is 30.2 Å². The number of hydrogen-bond acceptors (Lipinski definition) is 2. The summed E-state index contributed by atoms with van der Waals surface area (Å²) in [6.45, 7) is 4.42. The molecular weight excluding hydrogens is 208 g/mol. The summed E-state index contributed by atoms with van der Waals surface area (Å²) in [7, 11) is 2.04. The minimum Gasteiger partial charge on any atom is -0.313 e. The van der Waals surface area contributed by atoms with Crippen molar-refractivity contribution in [2.45, 2.75) is 58.4 Å². The predicted octanol–water partition coefficient (Wildman–Crippen LogP) is 4.01. The lowest BCUT2D eigenvalue weighted by Gasteiger charge is -2.18. The van der Waals surface area contributed by atoms with Gasteiger partial charge in [0.15, 0.2) is 0 Å². The van der Waals surface area contributed by atoms with Gasteiger partial charge in [-0.1, -0.05) is 39.0 Å². The first-order valence-corrected chi connectivity index (χ1v) is 6.87. The van der Waals surface area contributed by atoms with Crippen molar-refractivity contribution in [2.75, 3.05) is 7.05 Å². The average molecular weight is 234 g/mol. The second-order valence-electron chi connectivity index (χ2n) is 4.78. The molecule has 2 heteroatoms. The maximum absolute atomic E-state index is 4.23. The Morgan fingerprint density at radius 2 is 2.00 bits per heavy atom. The van der Waals surface area contributed by atoms with Crippen molar-refractivity contribution in [2.24, 2.45) is 0 Å². The standard InChI is InChI=1S/C15H26N2/c1-4-5-6-7-8-9-15(16-3)14-12-17-11-10-13(14)2/h10-12,15-16H,4-9H2,1-3H3. The molecule has 96 valence electrons. The zero-order valence-corrected chi connectivity index (χ0v) is 11.5. The Kier molecular flexibility index (Phi) is 6.87. The van der Waals surface area contributed by atoms with Crippen LogP contribution in [0.15, 0.2) is 18.5 Å². The number of aromatic nitrogens is 1. The van der Waals surface area contributed by atoms with Crippen LogP contribution in [-0.4, -0.2) is 12.0 Å². The van der Waals surface area contributed by atoms with Gasteiger partial charge in [-0.25, -0.2) is 0 Å². The molecule has 17 heavy (non-hydrogen) atoms. The monoisotopic (exact) mass is 234 g/mol. The van der Waals surface area contributed by atoms with E-state index in [0.29, 0.717) is 6.04 Å². The zero-order chi connectivity index (χ0) is 12.5. The highest BCUT2D eigenvalue weighted by molar-refractivity contribution is 5.24. The number of rotatable bonds is 8. The number of aryl methyl sites for hydroxylation is 1. The Bertz CT molecular complexity index is 310. The van der Waals surface area contributed by atoms with Crippen LogP contribution in [0.3, 0.4) is 0 Å². The maximum Gasteiger partial charge on any atom is 0.0335 e. The summed E-state index contributed by atoms with van der Waals surface area (Å²) in [5.41, 5.74) is 2.69. The Labute approximate surface area is 106 Å². The van der Waals surface area contributed by atoms with Gasteiger partial charge in [0.1, 0.15) is 0 Å². The fourth-order valence-electron chi connectivity index (χ4n) is 2.25. The molecule has 0 bridgehead atoms. The van der Waals surface area contributed by atoms with Crippen LogP contribution in [0.4, 0.5) is 0 Å². The van der Waals surface area contributed by atoms with E-state index in [9.17, 15) is 0 Å². The van der Waals surface area contributed by atoms with Crippen LogP contribution in [0, 0.1) is 6.92 Å². The van der Waals surface area contributed by atoms with E-state index in [4.69, 9.17) is 0 Å². The van der Waals surface area contributed by atoms with Crippen molar-refractivity contribution in [1.82, 2.24) is 10.3 Å². The first-order chi connectivity index (χ1) is 8.29. The summed E-state index contributed by atoms with van der Waals surface area (Å²) in [6.07, 6.45) is 11.8. The van der Waals surface area contributed by atoms with Crippen molar-refractivity contribution >= 4 is 0 Å². The van der Waals surface area contributed by atoms with Crippen LogP contribution in [-0.2, 0) is 0 Å². The minimum absolute atomic E-state index is 0.463. The van der Waals surface area contributed by atoms with Crippen LogP contribution in [0.2, 0.25) is 0 Å². The normalized spacial score (nSPS) is 12.6. The molecule has 0 radical (unpaired) electrons. The van der Waals surface area contributed by atoms with Crippen LogP contribution in [0.1, 0.15) is 62.6 Å². The summed E-state index contributed by atoms with van der Waals surface area (Å²) < 4.78 is 0. The van der Waals surface area contributed by atoms with Crippen molar-refractivity contribution in [3.05, 3.63) is 29.6 Å². The quantitative estimate of drug-likeness (QED) is 0.687. The van der Waals surface area contributed by atoms with Gasteiger partial charge in [-0.05, 0) is 37.6 Å². The van der Waals surface area contributed by atoms with Crippen LogP contribution >= 0.6 is 0 Å². The Morgan fingerprint density at radius 1 is 1.24 bits per heavy atom. The highest BCUT2D eigenvalue weighted by Crippen LogP contribution is 2.22. The van der Waals surface area contributed by atoms with Crippen molar-refractivity contribution in [3.8, 4) is 0 Å². The molecule has 1 N–H and O–H groups in total. The lowest BCUT2D eigenvalue weighted by Crippen LogP contribution is -2.17. The molecule has 0 amide bonds. The van der Waals surface area contributed by atoms with E-state index >= 15 is 0 Å². The topological polar surface area (TPSA) is 24.9 Å². The molecule has 0 fully saturated rings. The smallest absolute Gasteiger partial charge is 0.0335 e. The van der Waals surface area contributed by atoms with Crippen LogP contribution in [0.25, 0.3) is 0 Å². The molecule has 0 saturated carbocycles. The lowest BCUT2D eigenvalue weighted by molar-refractivity contribution is 0.498. The average Bonchev–Trinajstić information content (AvgIpc) is 2.35. The summed E-state index contributed by atoms with van der Waals surface area (Å²) in [6, 6.07) is 2.56. The molecule has 0 saturated heterocycles. The Morgan fingerprint density at radius 3 is 2.65 bits per heavy atom. The van der Waals surface area contributed by atoms with Crippen LogP contribution in [0.5, 0.6) is 0 Å². The molecule has 0 aliphatic heterocycles. The van der Waals surface area contributed by atoms with E-state index in [-0.39, 0.29) is 0 Å². The van der Waals surface area contributed by atoms with Gasteiger partial charge in [0, 0.05) is 18.4 Å². The predicted molar refractivity (Wildman–Crippen MR) is 74.2 cm³/mol. The van der Waals surface area contributed by atoms with E-state index in [1.165, 1.54) is 49.7 Å². The second kappa shape index (κ2) is 8.24. The maximum atomic E-state index is 4.23. The third-order valence-electron chi connectivity index (χ3n) is 3.40. The zero-order valence-electron chi connectivity index (χ0n) is 11.5. The molecule has 1 aromatic heterocycles. The lowest BCUT2D eigenvalue weighted by atomic mass is 9.98. The van der Waals surface area contributed by atoms with Gasteiger partial charge in [-0.15, -0.1) is 0 Å². The van der Waals surface area contributed by atoms with Crippen LogP contribution < -0.4 is 5.32 Å². The molecule has 1 aromatic rings. The number of nitrogens with zero attached hydrogens (tertiary/aromatic N) is 1. The van der Waals surface area contributed by atoms with E-state index in [1.54, 1.807) is 0 Å². The molecule has 2 nitrogen and oxygen atoms in total. The summed E-state index contributed by atoms with van der Waals surface area (Å²) in [5.74, 6) is 0. The fraction of sp³-hybridized carbons (Fsp3) is 0.667. The molecule has 1 atom stereocenters. The Balaban J connectivity index is 2.41. The number of unbranched alkanes of at least 4 members (excludes halogenated alkanes) is 4. The first kappa shape index (κ1) is 14.2. The molecular formula is C15H26N2. The first-order valence-electron chi connectivity index (χ1n) is 6.87. The SMILES string of the molecule is CCCCCCCC(NC)c1cnccc1C. The van der Waals surface area contributed by atoms with Gasteiger partial charge in [-0.3, -0.25) is 4.98 Å². The summed E-state index contributed by atoms with van der Waals surface area (Å²) >= 11 is 0. The van der Waals surface area contributed by atoms with Gasteiger partial charge in [0.25, 0.3) is 0 Å². The van der Waals surface area contributed by atoms with E-state index < -0.39 is 0 Å². The molecule has 0 aromatic carbocycles. The molecule has 0 aliphatic rings. The van der Waals surface area contributed by atoms with Gasteiger partial charge in [-0.2, -0.15) is 0 Å². The molecule has 1 heterocycles. The molecule has 1 rings (SSSR count). The van der Waals surface area contributed by atoms with Crippen molar-refractivity contribution in [3.63, 3.8) is 0 Å². The number of hydrogen-bond donors (Lipinski definition) is 1. The van der Waals surface area contributed by atoms with E-state index in [1.807, 2.05) is 19.4 Å². The highest BCUT2D eigenvalue weighted by atomic mass is 14.9. The minimum atomic E-state index is 0.463. The number of pyridine rings is 1. The highest BCUT2D eigenvalue weighted by Gasteiger charge is 2.10. The third-order valence-corrected chi connectivity index (χ3v) is 3.40. The van der Waals surface area contributed by atoms with Crippen molar-refractivity contribution in [1.29, 1.82) is 0 Å².